The molecule has 4 rings (SSSR count). The molecule has 0 radical (unpaired) electrons. The van der Waals surface area contributed by atoms with Crippen molar-refractivity contribution in [3.8, 4) is 0 Å². The topological polar surface area (TPSA) is 74.3 Å². The highest BCUT2D eigenvalue weighted by Gasteiger charge is 2.17. The molecular weight excluding hydrogens is 422 g/mol. The van der Waals surface area contributed by atoms with Crippen molar-refractivity contribution in [1.82, 2.24) is 4.98 Å². The lowest BCUT2D eigenvalue weighted by Crippen LogP contribution is -2.19. The first-order valence-electron chi connectivity index (χ1n) is 9.84. The number of nitrogens with one attached hydrogen (secondary N) is 2. The summed E-state index contributed by atoms with van der Waals surface area (Å²) in [7, 11) is 0. The Kier molecular flexibility index (Phi) is 6.22. The summed E-state index contributed by atoms with van der Waals surface area (Å²) < 4.78 is 28.1. The van der Waals surface area contributed by atoms with Gasteiger partial charge in [0.2, 0.25) is 5.91 Å². The van der Waals surface area contributed by atoms with E-state index in [1.54, 1.807) is 23.6 Å². The van der Waals surface area contributed by atoms with E-state index in [-0.39, 0.29) is 28.8 Å². The quantitative estimate of drug-likeness (QED) is 0.591. The van der Waals surface area contributed by atoms with E-state index in [0.29, 0.717) is 17.1 Å². The van der Waals surface area contributed by atoms with Gasteiger partial charge in [-0.1, -0.05) is 12.1 Å². The molecule has 160 valence electrons. The summed E-state index contributed by atoms with van der Waals surface area (Å²) in [5.41, 5.74) is 1.27. The molecule has 2 heterocycles. The van der Waals surface area contributed by atoms with Crippen LogP contribution in [0.4, 0.5) is 25.3 Å². The van der Waals surface area contributed by atoms with Crippen LogP contribution in [0, 0.1) is 11.6 Å². The summed E-state index contributed by atoms with van der Waals surface area (Å²) in [4.78, 5) is 30.7. The van der Waals surface area contributed by atoms with Crippen LogP contribution in [0.2, 0.25) is 0 Å². The predicted octanol–water partition coefficient (Wildman–Crippen LogP) is 4.46. The largest absolute Gasteiger partial charge is 0.369 e. The molecule has 2 N–H and O–H groups in total. The highest BCUT2D eigenvalue weighted by molar-refractivity contribution is 7.14. The summed E-state index contributed by atoms with van der Waals surface area (Å²) in [5.74, 6) is -1.96. The molecular formula is C22H20F2N4O2S. The lowest BCUT2D eigenvalue weighted by molar-refractivity contribution is -0.115. The maximum atomic E-state index is 14.4. The highest BCUT2D eigenvalue weighted by atomic mass is 32.1. The molecule has 0 atom stereocenters. The fourth-order valence-corrected chi connectivity index (χ4v) is 4.13. The number of aromatic nitrogens is 1. The van der Waals surface area contributed by atoms with E-state index in [1.807, 2.05) is 4.90 Å². The van der Waals surface area contributed by atoms with E-state index >= 15 is 0 Å². The smallest absolute Gasteiger partial charge is 0.260 e. The number of anilines is 3. The number of hydrogen-bond acceptors (Lipinski definition) is 5. The summed E-state index contributed by atoms with van der Waals surface area (Å²) >= 11 is 1.13. The second-order valence-corrected chi connectivity index (χ2v) is 8.02. The van der Waals surface area contributed by atoms with Gasteiger partial charge >= 0.3 is 0 Å². The molecule has 2 aromatic carbocycles. The van der Waals surface area contributed by atoms with Gasteiger partial charge in [0, 0.05) is 24.2 Å². The molecule has 1 fully saturated rings. The van der Waals surface area contributed by atoms with Crippen LogP contribution in [-0.4, -0.2) is 29.9 Å². The average molecular weight is 442 g/mol. The van der Waals surface area contributed by atoms with Crippen molar-refractivity contribution in [3.05, 3.63) is 70.7 Å². The SMILES string of the molecule is O=C(Cc1csc(NC(=O)c2ccccc2F)n1)Nc1ccc(N2CCCC2)c(F)c1. The molecule has 31 heavy (non-hydrogen) atoms. The Hall–Kier alpha value is -3.33. The van der Waals surface area contributed by atoms with Crippen LogP contribution >= 0.6 is 11.3 Å². The number of amides is 2. The number of nitrogens with zero attached hydrogens (tertiary/aromatic N) is 2. The Labute approximate surface area is 181 Å². The van der Waals surface area contributed by atoms with Gasteiger partial charge in [-0.15, -0.1) is 11.3 Å². The summed E-state index contributed by atoms with van der Waals surface area (Å²) in [6, 6.07) is 10.3. The van der Waals surface area contributed by atoms with E-state index < -0.39 is 11.7 Å². The fourth-order valence-electron chi connectivity index (χ4n) is 3.42. The summed E-state index contributed by atoms with van der Waals surface area (Å²) in [6.45, 7) is 1.67. The minimum absolute atomic E-state index is 0.0401. The number of hydrogen-bond donors (Lipinski definition) is 2. The molecule has 3 aromatic rings. The van der Waals surface area contributed by atoms with Gasteiger partial charge in [-0.25, -0.2) is 13.8 Å². The summed E-state index contributed by atoms with van der Waals surface area (Å²) in [5, 5.41) is 7.08. The van der Waals surface area contributed by atoms with Crippen LogP contribution in [-0.2, 0) is 11.2 Å². The standard InChI is InChI=1S/C22H20F2N4O2S/c23-17-6-2-1-5-16(17)21(30)27-22-26-15(13-31-22)12-20(29)25-14-7-8-19(18(24)11-14)28-9-3-4-10-28/h1-2,5-8,11,13H,3-4,9-10,12H2,(H,25,29)(H,26,27,30). The first kappa shape index (κ1) is 20.9. The van der Waals surface area contributed by atoms with E-state index in [9.17, 15) is 18.4 Å². The minimum Gasteiger partial charge on any atom is -0.369 e. The molecule has 0 spiro atoms. The number of thiazole rings is 1. The molecule has 1 aromatic heterocycles. The van der Waals surface area contributed by atoms with Gasteiger partial charge in [-0.05, 0) is 43.2 Å². The fraction of sp³-hybridized carbons (Fsp3) is 0.227. The van der Waals surface area contributed by atoms with Gasteiger partial charge in [0.15, 0.2) is 5.13 Å². The minimum atomic E-state index is -0.626. The predicted molar refractivity (Wildman–Crippen MR) is 117 cm³/mol. The molecule has 0 saturated carbocycles. The van der Waals surface area contributed by atoms with E-state index in [2.05, 4.69) is 15.6 Å². The van der Waals surface area contributed by atoms with Crippen LogP contribution < -0.4 is 15.5 Å². The van der Waals surface area contributed by atoms with Gasteiger partial charge < -0.3 is 10.2 Å². The lowest BCUT2D eigenvalue weighted by Gasteiger charge is -2.18. The van der Waals surface area contributed by atoms with Crippen LogP contribution in [0.5, 0.6) is 0 Å². The molecule has 1 saturated heterocycles. The number of rotatable bonds is 6. The van der Waals surface area contributed by atoms with Crippen molar-refractivity contribution < 1.29 is 18.4 Å². The molecule has 1 aliphatic heterocycles. The third kappa shape index (κ3) is 5.05. The molecule has 9 heteroatoms. The van der Waals surface area contributed by atoms with Crippen LogP contribution in [0.15, 0.2) is 47.8 Å². The van der Waals surface area contributed by atoms with E-state index in [1.165, 1.54) is 24.3 Å². The molecule has 2 amide bonds. The Morgan fingerprint density at radius 3 is 2.55 bits per heavy atom. The van der Waals surface area contributed by atoms with E-state index in [0.717, 1.165) is 37.3 Å². The van der Waals surface area contributed by atoms with Crippen molar-refractivity contribution in [2.45, 2.75) is 19.3 Å². The molecule has 0 aliphatic carbocycles. The number of benzene rings is 2. The summed E-state index contributed by atoms with van der Waals surface area (Å²) in [6.07, 6.45) is 2.06. The first-order valence-corrected chi connectivity index (χ1v) is 10.7. The van der Waals surface area contributed by atoms with Gasteiger partial charge in [0.1, 0.15) is 11.6 Å². The van der Waals surface area contributed by atoms with Crippen molar-refractivity contribution in [2.24, 2.45) is 0 Å². The Morgan fingerprint density at radius 1 is 1.03 bits per heavy atom. The monoisotopic (exact) mass is 442 g/mol. The zero-order valence-corrected chi connectivity index (χ0v) is 17.3. The Morgan fingerprint density at radius 2 is 1.81 bits per heavy atom. The van der Waals surface area contributed by atoms with Gasteiger partial charge in [0.25, 0.3) is 5.91 Å². The maximum absolute atomic E-state index is 14.4. The molecule has 0 bridgehead atoms. The van der Waals surface area contributed by atoms with Crippen LogP contribution in [0.25, 0.3) is 0 Å². The third-order valence-electron chi connectivity index (χ3n) is 4.91. The van der Waals surface area contributed by atoms with Gasteiger partial charge in [-0.2, -0.15) is 0 Å². The molecule has 1 aliphatic rings. The van der Waals surface area contributed by atoms with Crippen molar-refractivity contribution in [2.75, 3.05) is 28.6 Å². The normalized spacial score (nSPS) is 13.3. The lowest BCUT2D eigenvalue weighted by atomic mass is 10.2. The maximum Gasteiger partial charge on any atom is 0.260 e. The van der Waals surface area contributed by atoms with Crippen molar-refractivity contribution >= 4 is 39.7 Å². The first-order chi connectivity index (χ1) is 15.0. The van der Waals surface area contributed by atoms with Crippen LogP contribution in [0.1, 0.15) is 28.9 Å². The van der Waals surface area contributed by atoms with Crippen LogP contribution in [0.3, 0.4) is 0 Å². The molecule has 6 nitrogen and oxygen atoms in total. The zero-order chi connectivity index (χ0) is 21.8. The number of halogens is 2. The van der Waals surface area contributed by atoms with Gasteiger partial charge in [0.05, 0.1) is 23.4 Å². The highest BCUT2D eigenvalue weighted by Crippen LogP contribution is 2.26. The molecule has 0 unspecified atom stereocenters. The third-order valence-corrected chi connectivity index (χ3v) is 5.72. The second kappa shape index (κ2) is 9.22. The zero-order valence-electron chi connectivity index (χ0n) is 16.5. The average Bonchev–Trinajstić information content (AvgIpc) is 3.41. The van der Waals surface area contributed by atoms with Crippen molar-refractivity contribution in [3.63, 3.8) is 0 Å². The van der Waals surface area contributed by atoms with Crippen molar-refractivity contribution in [1.29, 1.82) is 0 Å². The Balaban J connectivity index is 1.34. The van der Waals surface area contributed by atoms with E-state index in [4.69, 9.17) is 0 Å². The van der Waals surface area contributed by atoms with Gasteiger partial charge in [-0.3, -0.25) is 14.9 Å². The second-order valence-electron chi connectivity index (χ2n) is 7.16. The Bertz CT molecular complexity index is 1110. The number of carbonyl (C=O) groups excluding carboxylic acids is 2. The number of carbonyl (C=O) groups is 2.